The number of rotatable bonds is 4. The van der Waals surface area contributed by atoms with Gasteiger partial charge in [-0.3, -0.25) is 9.59 Å². The summed E-state index contributed by atoms with van der Waals surface area (Å²) in [5.74, 6) is -0.0374. The fourth-order valence-electron chi connectivity index (χ4n) is 4.24. The van der Waals surface area contributed by atoms with E-state index in [-0.39, 0.29) is 34.5 Å². The zero-order valence-corrected chi connectivity index (χ0v) is 23.0. The Hall–Kier alpha value is -3.32. The van der Waals surface area contributed by atoms with E-state index in [1.165, 1.54) is 16.0 Å². The summed E-state index contributed by atoms with van der Waals surface area (Å²) in [4.78, 5) is 31.3. The van der Waals surface area contributed by atoms with Crippen LogP contribution in [-0.4, -0.2) is 25.7 Å². The van der Waals surface area contributed by atoms with Crippen molar-refractivity contribution in [1.29, 1.82) is 0 Å². The summed E-state index contributed by atoms with van der Waals surface area (Å²) in [6.07, 6.45) is 0. The highest BCUT2D eigenvalue weighted by atomic mass is 32.1. The maximum absolute atomic E-state index is 13.6. The third-order valence-corrected chi connectivity index (χ3v) is 7.25. The Labute approximate surface area is 215 Å². The Morgan fingerprint density at radius 2 is 1.53 bits per heavy atom. The molecule has 2 aromatic carbocycles. The van der Waals surface area contributed by atoms with E-state index in [1.54, 1.807) is 12.1 Å². The summed E-state index contributed by atoms with van der Waals surface area (Å²) in [6.45, 7) is 15.7. The molecule has 0 bridgehead atoms. The number of aryl methyl sites for hydroxylation is 2. The zero-order chi connectivity index (χ0) is 26.6. The van der Waals surface area contributed by atoms with Gasteiger partial charge in [0, 0.05) is 22.3 Å². The van der Waals surface area contributed by atoms with Crippen molar-refractivity contribution in [3.63, 3.8) is 0 Å². The molecule has 0 aliphatic carbocycles. The number of aromatic hydroxyl groups is 1. The molecule has 0 saturated carbocycles. The molecule has 0 aliphatic rings. The molecule has 6 nitrogen and oxygen atoms in total. The first-order chi connectivity index (χ1) is 16.7. The lowest BCUT2D eigenvalue weighted by molar-refractivity contribution is 0.0966. The number of fused-ring (bicyclic) bond motifs is 1. The van der Waals surface area contributed by atoms with Crippen molar-refractivity contribution < 1.29 is 9.90 Å². The summed E-state index contributed by atoms with van der Waals surface area (Å²) in [5.41, 5.74) is 3.67. The Morgan fingerprint density at radius 3 is 2.06 bits per heavy atom. The minimum Gasteiger partial charge on any atom is -0.507 e. The fraction of sp³-hybridized carbons (Fsp3) is 0.379. The molecule has 0 saturated heterocycles. The van der Waals surface area contributed by atoms with Crippen LogP contribution in [0, 0.1) is 13.8 Å². The van der Waals surface area contributed by atoms with Gasteiger partial charge < -0.3 is 5.11 Å². The molecule has 0 fully saturated rings. The molecule has 0 atom stereocenters. The van der Waals surface area contributed by atoms with Crippen molar-refractivity contribution in [1.82, 2.24) is 14.8 Å². The van der Waals surface area contributed by atoms with E-state index < -0.39 is 0 Å². The standard InChI is InChI=1S/C29H33N3O3S/c1-16-9-11-18(12-10-16)23-26-24(30-17(2)36-26)27(35)32(31-23)15-22(33)19-13-20(28(3,4)5)25(34)21(14-19)29(6,7)8/h9-14,34H,15H2,1-8H3. The lowest BCUT2D eigenvalue weighted by Gasteiger charge is -2.28. The quantitative estimate of drug-likeness (QED) is 0.329. The van der Waals surface area contributed by atoms with Crippen molar-refractivity contribution in [3.05, 3.63) is 74.0 Å². The van der Waals surface area contributed by atoms with E-state index in [4.69, 9.17) is 0 Å². The van der Waals surface area contributed by atoms with Crippen LogP contribution in [0.5, 0.6) is 5.75 Å². The second kappa shape index (κ2) is 8.96. The second-order valence-electron chi connectivity index (χ2n) is 11.4. The first kappa shape index (κ1) is 25.8. The Bertz CT molecular complexity index is 1500. The summed E-state index contributed by atoms with van der Waals surface area (Å²) < 4.78 is 1.94. The molecule has 0 unspecified atom stereocenters. The number of ketones is 1. The number of phenolic OH excluding ortho intramolecular Hbond substituents is 1. The number of nitrogens with zero attached hydrogens (tertiary/aromatic N) is 3. The van der Waals surface area contributed by atoms with E-state index >= 15 is 0 Å². The van der Waals surface area contributed by atoms with Gasteiger partial charge >= 0.3 is 0 Å². The number of Topliss-reactive ketones (excluding diaryl/α,β-unsaturated/α-hetero) is 1. The number of hydrogen-bond donors (Lipinski definition) is 1. The minimum absolute atomic E-state index is 0.211. The van der Waals surface area contributed by atoms with Crippen LogP contribution in [0.2, 0.25) is 0 Å². The van der Waals surface area contributed by atoms with Crippen molar-refractivity contribution in [2.24, 2.45) is 0 Å². The predicted molar refractivity (Wildman–Crippen MR) is 146 cm³/mol. The normalized spacial score (nSPS) is 12.3. The number of hydrogen-bond acceptors (Lipinski definition) is 6. The van der Waals surface area contributed by atoms with E-state index in [2.05, 4.69) is 10.1 Å². The van der Waals surface area contributed by atoms with Crippen LogP contribution in [0.3, 0.4) is 0 Å². The van der Waals surface area contributed by atoms with Gasteiger partial charge in [-0.05, 0) is 36.8 Å². The summed E-state index contributed by atoms with van der Waals surface area (Å²) in [6, 6.07) is 11.4. The molecule has 4 aromatic rings. The molecule has 0 aliphatic heterocycles. The van der Waals surface area contributed by atoms with Crippen LogP contribution in [0.25, 0.3) is 21.5 Å². The number of carbonyl (C=O) groups is 1. The van der Waals surface area contributed by atoms with Crippen LogP contribution >= 0.6 is 11.3 Å². The Balaban J connectivity index is 1.85. The Morgan fingerprint density at radius 1 is 0.972 bits per heavy atom. The van der Waals surface area contributed by atoms with Crippen molar-refractivity contribution in [2.45, 2.75) is 72.8 Å². The number of aromatic nitrogens is 3. The summed E-state index contributed by atoms with van der Waals surface area (Å²) in [7, 11) is 0. The monoisotopic (exact) mass is 503 g/mol. The van der Waals surface area contributed by atoms with Crippen LogP contribution < -0.4 is 5.56 Å². The average molecular weight is 504 g/mol. The second-order valence-corrected chi connectivity index (χ2v) is 12.6. The van der Waals surface area contributed by atoms with Crippen molar-refractivity contribution >= 4 is 27.3 Å². The molecule has 36 heavy (non-hydrogen) atoms. The molecule has 7 heteroatoms. The van der Waals surface area contributed by atoms with Gasteiger partial charge in [0.1, 0.15) is 18.0 Å². The van der Waals surface area contributed by atoms with Crippen molar-refractivity contribution in [3.8, 4) is 17.0 Å². The maximum Gasteiger partial charge on any atom is 0.294 e. The van der Waals surface area contributed by atoms with E-state index in [9.17, 15) is 14.7 Å². The van der Waals surface area contributed by atoms with Crippen LogP contribution in [-0.2, 0) is 17.4 Å². The lowest BCUT2D eigenvalue weighted by atomic mass is 9.78. The molecule has 2 heterocycles. The molecule has 0 amide bonds. The first-order valence-corrected chi connectivity index (χ1v) is 12.8. The first-order valence-electron chi connectivity index (χ1n) is 12.0. The van der Waals surface area contributed by atoms with Gasteiger partial charge in [0.05, 0.1) is 9.71 Å². The SMILES string of the molecule is Cc1ccc(-c2nn(CC(=O)c3cc(C(C)(C)C)c(O)c(C(C)(C)C)c3)c(=O)c3nc(C)sc23)cc1. The maximum atomic E-state index is 13.6. The number of phenols is 1. The topological polar surface area (TPSA) is 85.1 Å². The summed E-state index contributed by atoms with van der Waals surface area (Å²) in [5, 5.41) is 16.4. The number of thiazole rings is 1. The van der Waals surface area contributed by atoms with E-state index in [0.29, 0.717) is 27.9 Å². The smallest absolute Gasteiger partial charge is 0.294 e. The van der Waals surface area contributed by atoms with E-state index in [0.717, 1.165) is 20.8 Å². The minimum atomic E-state index is -0.385. The molecule has 2 aromatic heterocycles. The number of carbonyl (C=O) groups excluding carboxylic acids is 1. The Kier molecular flexibility index (Phi) is 6.41. The van der Waals surface area contributed by atoms with Gasteiger partial charge in [-0.1, -0.05) is 71.4 Å². The molecule has 1 N–H and O–H groups in total. The van der Waals surface area contributed by atoms with Gasteiger partial charge in [-0.2, -0.15) is 5.10 Å². The van der Waals surface area contributed by atoms with Gasteiger partial charge in [0.2, 0.25) is 0 Å². The van der Waals surface area contributed by atoms with Gasteiger partial charge in [-0.25, -0.2) is 9.67 Å². The van der Waals surface area contributed by atoms with Gasteiger partial charge in [0.15, 0.2) is 11.3 Å². The summed E-state index contributed by atoms with van der Waals surface area (Å²) >= 11 is 1.43. The van der Waals surface area contributed by atoms with Crippen molar-refractivity contribution in [2.75, 3.05) is 0 Å². The van der Waals surface area contributed by atoms with Crippen LogP contribution in [0.15, 0.2) is 41.2 Å². The highest BCUT2D eigenvalue weighted by Gasteiger charge is 2.28. The third-order valence-electron chi connectivity index (χ3n) is 6.27. The molecule has 0 spiro atoms. The fourth-order valence-corrected chi connectivity index (χ4v) is 5.16. The van der Waals surface area contributed by atoms with Crippen LogP contribution in [0.1, 0.15) is 73.6 Å². The van der Waals surface area contributed by atoms with Crippen LogP contribution in [0.4, 0.5) is 0 Å². The molecular formula is C29H33N3O3S. The molecule has 4 rings (SSSR count). The predicted octanol–water partition coefficient (Wildman–Crippen LogP) is 6.32. The molecule has 188 valence electrons. The number of benzene rings is 2. The molecule has 0 radical (unpaired) electrons. The average Bonchev–Trinajstić information content (AvgIpc) is 3.16. The highest BCUT2D eigenvalue weighted by Crippen LogP contribution is 2.40. The van der Waals surface area contributed by atoms with E-state index in [1.807, 2.05) is 79.7 Å². The van der Waals surface area contributed by atoms with Gasteiger partial charge in [0.25, 0.3) is 5.56 Å². The largest absolute Gasteiger partial charge is 0.507 e. The highest BCUT2D eigenvalue weighted by molar-refractivity contribution is 7.19. The van der Waals surface area contributed by atoms with Gasteiger partial charge in [-0.15, -0.1) is 11.3 Å². The lowest BCUT2D eigenvalue weighted by Crippen LogP contribution is -2.28. The zero-order valence-electron chi connectivity index (χ0n) is 22.2. The molecular weight excluding hydrogens is 470 g/mol. The third kappa shape index (κ3) is 4.85.